The summed E-state index contributed by atoms with van der Waals surface area (Å²) in [6, 6.07) is 0. The maximum absolute atomic E-state index is 8.36. The Morgan fingerprint density at radius 2 is 1.05 bits per heavy atom. The van der Waals surface area contributed by atoms with E-state index in [0.29, 0.717) is 0 Å². The van der Waals surface area contributed by atoms with Crippen LogP contribution in [0.3, 0.4) is 0 Å². The average molecular weight is 361 g/mol. The smallest absolute Gasteiger partial charge is 0.290 e. The Hall–Kier alpha value is -0.116. The van der Waals surface area contributed by atoms with Crippen LogP contribution in [-0.4, -0.2) is 24.7 Å². The van der Waals surface area contributed by atoms with Crippen molar-refractivity contribution < 1.29 is 24.8 Å². The molecule has 3 N–H and O–H groups in total. The van der Waals surface area contributed by atoms with Crippen LogP contribution in [0.4, 0.5) is 0 Å². The molecule has 0 spiro atoms. The van der Waals surface area contributed by atoms with Crippen LogP contribution in [-0.2, 0) is 19.7 Å². The van der Waals surface area contributed by atoms with Gasteiger partial charge in [0.15, 0.2) is 0 Å². The maximum Gasteiger partial charge on any atom is 0.290 e. The van der Waals surface area contributed by atoms with Crippen LogP contribution < -0.4 is 8.79 Å². The van der Waals surface area contributed by atoms with E-state index in [-0.39, 0.29) is 6.47 Å². The molecular weight excluding hydrogens is 323 g/mol. The van der Waals surface area contributed by atoms with Crippen molar-refractivity contribution in [1.82, 2.24) is 8.79 Å². The number of nitrogens with one attached hydrogen (secondary N) is 2. The fourth-order valence-corrected chi connectivity index (χ4v) is 2.76. The Labute approximate surface area is 144 Å². The minimum absolute atomic E-state index is 0.250. The molecule has 0 saturated heterocycles. The Balaban J connectivity index is 0. The van der Waals surface area contributed by atoms with Crippen molar-refractivity contribution in [3.05, 3.63) is 0 Å². The molecule has 0 bridgehead atoms. The summed E-state index contributed by atoms with van der Waals surface area (Å²) < 4.78 is 6.83. The molecular formula is C17H38N2NiO2. The van der Waals surface area contributed by atoms with Crippen LogP contribution in [0.25, 0.3) is 0 Å². The van der Waals surface area contributed by atoms with Gasteiger partial charge in [-0.25, -0.2) is 0 Å². The Morgan fingerprint density at radius 3 is 1.41 bits per heavy atom. The average Bonchev–Trinajstić information content (AvgIpc) is 2.52. The monoisotopic (exact) mass is 360 g/mol. The van der Waals surface area contributed by atoms with Crippen molar-refractivity contribution in [2.75, 3.05) is 13.1 Å². The molecule has 0 amide bonds. The largest absolute Gasteiger partial charge is 0.483 e. The number of hydrogen-bond acceptors (Lipinski definition) is 3. The van der Waals surface area contributed by atoms with E-state index in [4.69, 9.17) is 9.90 Å². The summed E-state index contributed by atoms with van der Waals surface area (Å²) in [5, 5.41) is 6.89. The second-order valence-electron chi connectivity index (χ2n) is 5.44. The zero-order valence-electron chi connectivity index (χ0n) is 14.6. The fraction of sp³-hybridized carbons (Fsp3) is 0.941. The SMILES string of the molecule is CCCCCCCC[NH][Ni][NH]CCCCCCCC.O=CO. The third-order valence-electron chi connectivity index (χ3n) is 3.33. The first-order valence-electron chi connectivity index (χ1n) is 8.93. The van der Waals surface area contributed by atoms with Crippen molar-refractivity contribution in [3.63, 3.8) is 0 Å². The second-order valence-corrected chi connectivity index (χ2v) is 6.39. The van der Waals surface area contributed by atoms with Gasteiger partial charge in [-0.3, -0.25) is 4.79 Å². The zero-order chi connectivity index (χ0) is 16.7. The van der Waals surface area contributed by atoms with Crippen LogP contribution in [0.2, 0.25) is 0 Å². The molecule has 22 heavy (non-hydrogen) atoms. The summed E-state index contributed by atoms with van der Waals surface area (Å²) >= 11 is 1.51. The molecule has 0 aromatic rings. The molecule has 0 aliphatic rings. The van der Waals surface area contributed by atoms with Gasteiger partial charge in [-0.15, -0.1) is 0 Å². The van der Waals surface area contributed by atoms with Crippen molar-refractivity contribution in [2.24, 2.45) is 0 Å². The maximum atomic E-state index is 8.36. The van der Waals surface area contributed by atoms with Gasteiger partial charge < -0.3 is 5.11 Å². The molecule has 0 aromatic carbocycles. The molecule has 0 heterocycles. The molecule has 4 nitrogen and oxygen atoms in total. The standard InChI is InChI=1S/2C8H18N.CH2O2.Ni/c2*1-2-3-4-5-6-7-8-9;2-1-3;/h2*9H,2-8H2,1H3;1H,(H,2,3);/q2*-1;;+2. The van der Waals surface area contributed by atoms with Crippen LogP contribution in [0.5, 0.6) is 0 Å². The number of carbonyl (C=O) groups is 1. The van der Waals surface area contributed by atoms with Crippen molar-refractivity contribution in [2.45, 2.75) is 90.9 Å². The van der Waals surface area contributed by atoms with E-state index in [0.717, 1.165) is 13.1 Å². The van der Waals surface area contributed by atoms with Crippen LogP contribution in [0, 0.1) is 0 Å². The number of unbranched alkanes of at least 4 members (excludes halogenated alkanes) is 10. The van der Waals surface area contributed by atoms with Crippen molar-refractivity contribution in [3.8, 4) is 0 Å². The Kier molecular flexibility index (Phi) is 28.3. The van der Waals surface area contributed by atoms with Crippen LogP contribution in [0.1, 0.15) is 90.9 Å². The van der Waals surface area contributed by atoms with E-state index in [9.17, 15) is 0 Å². The summed E-state index contributed by atoms with van der Waals surface area (Å²) in [6.45, 7) is 6.59. The van der Waals surface area contributed by atoms with Crippen LogP contribution >= 0.6 is 0 Å². The molecule has 0 aliphatic carbocycles. The third kappa shape index (κ3) is 28.1. The Morgan fingerprint density at radius 1 is 0.727 bits per heavy atom. The quantitative estimate of drug-likeness (QED) is 0.215. The van der Waals surface area contributed by atoms with Gasteiger partial charge in [0.2, 0.25) is 0 Å². The minimum Gasteiger partial charge on any atom is -0.483 e. The number of hydrogen-bond donors (Lipinski definition) is 3. The molecule has 0 rings (SSSR count). The van der Waals surface area contributed by atoms with Gasteiger partial charge >= 0.3 is 128 Å². The summed E-state index contributed by atoms with van der Waals surface area (Å²) in [5.74, 6) is 0. The van der Waals surface area contributed by atoms with E-state index in [1.807, 2.05) is 0 Å². The number of rotatable bonds is 16. The summed E-state index contributed by atoms with van der Waals surface area (Å²) in [6.07, 6.45) is 16.6. The van der Waals surface area contributed by atoms with E-state index in [1.165, 1.54) is 91.9 Å². The molecule has 0 saturated carbocycles. The van der Waals surface area contributed by atoms with Gasteiger partial charge in [-0.05, 0) is 0 Å². The fourth-order valence-electron chi connectivity index (χ4n) is 2.04. The van der Waals surface area contributed by atoms with E-state index >= 15 is 0 Å². The van der Waals surface area contributed by atoms with E-state index < -0.39 is 0 Å². The predicted molar refractivity (Wildman–Crippen MR) is 91.5 cm³/mol. The van der Waals surface area contributed by atoms with Gasteiger partial charge in [0.25, 0.3) is 6.47 Å². The van der Waals surface area contributed by atoms with Gasteiger partial charge in [0, 0.05) is 0 Å². The van der Waals surface area contributed by atoms with Gasteiger partial charge in [-0.1, -0.05) is 0 Å². The molecule has 0 unspecified atom stereocenters. The topological polar surface area (TPSA) is 61.4 Å². The van der Waals surface area contributed by atoms with Gasteiger partial charge in [0.05, 0.1) is 0 Å². The summed E-state index contributed by atoms with van der Waals surface area (Å²) in [7, 11) is 0. The molecule has 0 atom stereocenters. The molecule has 138 valence electrons. The zero-order valence-corrected chi connectivity index (χ0v) is 15.6. The molecule has 0 aromatic heterocycles. The molecule has 0 fully saturated rings. The first-order chi connectivity index (χ1) is 10.8. The van der Waals surface area contributed by atoms with Crippen molar-refractivity contribution in [1.29, 1.82) is 0 Å². The second kappa shape index (κ2) is 25.8. The normalized spacial score (nSPS) is 10.3. The minimum atomic E-state index is -0.250. The van der Waals surface area contributed by atoms with E-state index in [2.05, 4.69) is 22.6 Å². The summed E-state index contributed by atoms with van der Waals surface area (Å²) in [5.41, 5.74) is 0. The third-order valence-corrected chi connectivity index (χ3v) is 4.17. The number of carboxylic acid groups (broad SMARTS) is 1. The predicted octanol–water partition coefficient (Wildman–Crippen LogP) is 4.50. The first kappa shape index (κ1) is 24.1. The van der Waals surface area contributed by atoms with Crippen LogP contribution in [0.15, 0.2) is 0 Å². The summed E-state index contributed by atoms with van der Waals surface area (Å²) in [4.78, 5) is 8.36. The Bertz CT molecular complexity index is 179. The molecule has 0 radical (unpaired) electrons. The first-order valence-corrected chi connectivity index (χ1v) is 9.92. The molecule has 5 heteroatoms. The van der Waals surface area contributed by atoms with E-state index in [1.54, 1.807) is 0 Å². The van der Waals surface area contributed by atoms with Crippen molar-refractivity contribution >= 4 is 6.47 Å². The van der Waals surface area contributed by atoms with Gasteiger partial charge in [0.1, 0.15) is 0 Å². The van der Waals surface area contributed by atoms with Gasteiger partial charge in [-0.2, -0.15) is 0 Å². The molecule has 0 aliphatic heterocycles.